The molecule has 7 heteroatoms. The van der Waals surface area contributed by atoms with Crippen LogP contribution in [0.1, 0.15) is 18.7 Å². The fraction of sp³-hybridized carbons (Fsp3) is 0.440. The van der Waals surface area contributed by atoms with Gasteiger partial charge in [0.25, 0.3) is 0 Å². The van der Waals surface area contributed by atoms with Crippen molar-refractivity contribution in [3.8, 4) is 5.69 Å². The quantitative estimate of drug-likeness (QED) is 0.632. The van der Waals surface area contributed by atoms with Crippen LogP contribution in [0.3, 0.4) is 0 Å². The van der Waals surface area contributed by atoms with Gasteiger partial charge >= 0.3 is 0 Å². The first-order valence-electron chi connectivity index (χ1n) is 11.5. The highest BCUT2D eigenvalue weighted by Crippen LogP contribution is 2.26. The zero-order valence-corrected chi connectivity index (χ0v) is 18.6. The van der Waals surface area contributed by atoms with Crippen molar-refractivity contribution < 1.29 is 9.18 Å². The molecular weight excluding hydrogens is 405 g/mol. The standard InChI is InChI=1S/C25H30FN5O/c1-28-14-16-30(17-15-28)25(32)19-10-12-29(13-11-19)18-24-27-22-4-2-3-5-23(22)31(24)21-8-6-20(26)7-9-21/h2-9,19H,10-18H2,1H3. The number of nitrogens with zero attached hydrogens (tertiary/aromatic N) is 5. The Morgan fingerprint density at radius 3 is 2.38 bits per heavy atom. The molecular formula is C25H30FN5O. The van der Waals surface area contributed by atoms with Gasteiger partial charge in [-0.15, -0.1) is 0 Å². The van der Waals surface area contributed by atoms with Gasteiger partial charge in [0.2, 0.25) is 5.91 Å². The number of halogens is 1. The summed E-state index contributed by atoms with van der Waals surface area (Å²) in [5, 5.41) is 0. The van der Waals surface area contributed by atoms with E-state index in [4.69, 9.17) is 4.98 Å². The first-order valence-corrected chi connectivity index (χ1v) is 11.5. The third-order valence-corrected chi connectivity index (χ3v) is 6.83. The second kappa shape index (κ2) is 9.00. The van der Waals surface area contributed by atoms with Crippen LogP contribution in [0.4, 0.5) is 4.39 Å². The van der Waals surface area contributed by atoms with E-state index in [1.807, 2.05) is 23.1 Å². The predicted octanol–water partition coefficient (Wildman–Crippen LogP) is 3.15. The smallest absolute Gasteiger partial charge is 0.225 e. The van der Waals surface area contributed by atoms with E-state index in [0.717, 1.165) is 74.7 Å². The Balaban J connectivity index is 1.29. The molecule has 0 N–H and O–H groups in total. The van der Waals surface area contributed by atoms with E-state index in [0.29, 0.717) is 12.5 Å². The molecule has 3 aromatic rings. The van der Waals surface area contributed by atoms with Crippen LogP contribution in [0.2, 0.25) is 0 Å². The van der Waals surface area contributed by atoms with Crippen molar-refractivity contribution in [3.63, 3.8) is 0 Å². The Morgan fingerprint density at radius 2 is 1.66 bits per heavy atom. The number of likely N-dealkylation sites (N-methyl/N-ethyl adjacent to an activating group) is 1. The van der Waals surface area contributed by atoms with Crippen molar-refractivity contribution in [1.82, 2.24) is 24.3 Å². The highest BCUT2D eigenvalue weighted by Gasteiger charge is 2.30. The van der Waals surface area contributed by atoms with Crippen molar-refractivity contribution >= 4 is 16.9 Å². The maximum atomic E-state index is 13.5. The molecule has 2 aliphatic rings. The molecule has 0 radical (unpaired) electrons. The second-order valence-electron chi connectivity index (χ2n) is 9.01. The largest absolute Gasteiger partial charge is 0.340 e. The molecule has 0 unspecified atom stereocenters. The van der Waals surface area contributed by atoms with Crippen molar-refractivity contribution in [3.05, 3.63) is 60.2 Å². The lowest BCUT2D eigenvalue weighted by Crippen LogP contribution is -2.50. The van der Waals surface area contributed by atoms with Gasteiger partial charge in [0.1, 0.15) is 11.6 Å². The lowest BCUT2D eigenvalue weighted by molar-refractivity contribution is -0.138. The predicted molar refractivity (Wildman–Crippen MR) is 123 cm³/mol. The Labute approximate surface area is 188 Å². The lowest BCUT2D eigenvalue weighted by atomic mass is 9.95. The van der Waals surface area contributed by atoms with E-state index in [2.05, 4.69) is 27.5 Å². The molecule has 0 aliphatic carbocycles. The first-order chi connectivity index (χ1) is 15.6. The summed E-state index contributed by atoms with van der Waals surface area (Å²) >= 11 is 0. The van der Waals surface area contributed by atoms with Crippen molar-refractivity contribution in [1.29, 1.82) is 0 Å². The van der Waals surface area contributed by atoms with Gasteiger partial charge < -0.3 is 9.80 Å². The fourth-order valence-corrected chi connectivity index (χ4v) is 4.88. The molecule has 0 saturated carbocycles. The van der Waals surface area contributed by atoms with Crippen molar-refractivity contribution in [2.75, 3.05) is 46.3 Å². The third kappa shape index (κ3) is 4.27. The zero-order chi connectivity index (χ0) is 22.1. The summed E-state index contributed by atoms with van der Waals surface area (Å²) in [4.78, 5) is 24.5. The van der Waals surface area contributed by atoms with Crippen molar-refractivity contribution in [2.24, 2.45) is 5.92 Å². The number of hydrogen-bond donors (Lipinski definition) is 0. The second-order valence-corrected chi connectivity index (χ2v) is 9.01. The number of rotatable bonds is 4. The van der Waals surface area contributed by atoms with Crippen LogP contribution in [0.5, 0.6) is 0 Å². The fourth-order valence-electron chi connectivity index (χ4n) is 4.88. The molecule has 6 nitrogen and oxygen atoms in total. The summed E-state index contributed by atoms with van der Waals surface area (Å²) in [6.45, 7) is 6.10. The average molecular weight is 436 g/mol. The summed E-state index contributed by atoms with van der Waals surface area (Å²) in [5.74, 6) is 1.16. The molecule has 168 valence electrons. The molecule has 5 rings (SSSR count). The van der Waals surface area contributed by atoms with Crippen molar-refractivity contribution in [2.45, 2.75) is 19.4 Å². The van der Waals surface area contributed by atoms with Crippen LogP contribution in [-0.4, -0.2) is 76.5 Å². The van der Waals surface area contributed by atoms with Crippen LogP contribution in [0.25, 0.3) is 16.7 Å². The van der Waals surface area contributed by atoms with Crippen LogP contribution < -0.4 is 0 Å². The normalized spacial score (nSPS) is 19.0. The molecule has 0 bridgehead atoms. The number of carbonyl (C=O) groups is 1. The SMILES string of the molecule is CN1CCN(C(=O)C2CCN(Cc3nc4ccccc4n3-c3ccc(F)cc3)CC2)CC1. The summed E-state index contributed by atoms with van der Waals surface area (Å²) in [7, 11) is 2.11. The molecule has 3 heterocycles. The van der Waals surface area contributed by atoms with E-state index < -0.39 is 0 Å². The molecule has 2 aliphatic heterocycles. The Morgan fingerprint density at radius 1 is 0.969 bits per heavy atom. The number of piperazine rings is 1. The number of likely N-dealkylation sites (tertiary alicyclic amines) is 1. The van der Waals surface area contributed by atoms with Gasteiger partial charge in [-0.2, -0.15) is 0 Å². The number of benzene rings is 2. The maximum Gasteiger partial charge on any atom is 0.225 e. The van der Waals surface area contributed by atoms with Crippen LogP contribution in [0.15, 0.2) is 48.5 Å². The number of fused-ring (bicyclic) bond motifs is 1. The highest BCUT2D eigenvalue weighted by atomic mass is 19.1. The number of amides is 1. The molecule has 2 fully saturated rings. The van der Waals surface area contributed by atoms with E-state index in [-0.39, 0.29) is 11.7 Å². The molecule has 1 amide bonds. The monoisotopic (exact) mass is 435 g/mol. The van der Waals surface area contributed by atoms with Crippen LogP contribution in [-0.2, 0) is 11.3 Å². The van der Waals surface area contributed by atoms with Gasteiger partial charge in [0.05, 0.1) is 17.6 Å². The van der Waals surface area contributed by atoms with Gasteiger partial charge in [0, 0.05) is 37.8 Å². The third-order valence-electron chi connectivity index (χ3n) is 6.83. The minimum atomic E-state index is -0.244. The Hall–Kier alpha value is -2.77. The highest BCUT2D eigenvalue weighted by molar-refractivity contribution is 5.79. The zero-order valence-electron chi connectivity index (χ0n) is 18.6. The molecule has 0 atom stereocenters. The number of para-hydroxylation sites is 2. The van der Waals surface area contributed by atoms with Crippen LogP contribution in [0, 0.1) is 11.7 Å². The van der Waals surface area contributed by atoms with E-state index in [1.54, 1.807) is 12.1 Å². The first kappa shape index (κ1) is 21.1. The van der Waals surface area contributed by atoms with Gasteiger partial charge in [-0.1, -0.05) is 12.1 Å². The molecule has 0 spiro atoms. The molecule has 2 saturated heterocycles. The summed E-state index contributed by atoms with van der Waals surface area (Å²) in [6.07, 6.45) is 1.78. The minimum Gasteiger partial charge on any atom is -0.340 e. The summed E-state index contributed by atoms with van der Waals surface area (Å²) in [5.41, 5.74) is 2.87. The average Bonchev–Trinajstić information content (AvgIpc) is 3.18. The number of imidazole rings is 1. The van der Waals surface area contributed by atoms with Gasteiger partial charge in [-0.25, -0.2) is 9.37 Å². The molecule has 1 aromatic heterocycles. The number of hydrogen-bond acceptors (Lipinski definition) is 4. The van der Waals surface area contributed by atoms with Gasteiger partial charge in [-0.3, -0.25) is 14.3 Å². The van der Waals surface area contributed by atoms with E-state index >= 15 is 0 Å². The molecule has 2 aromatic carbocycles. The summed E-state index contributed by atoms with van der Waals surface area (Å²) < 4.78 is 15.6. The Bertz CT molecular complexity index is 1080. The van der Waals surface area contributed by atoms with Gasteiger partial charge in [0.15, 0.2) is 0 Å². The summed E-state index contributed by atoms with van der Waals surface area (Å²) in [6, 6.07) is 14.6. The van der Waals surface area contributed by atoms with E-state index in [1.165, 1.54) is 12.1 Å². The van der Waals surface area contributed by atoms with Gasteiger partial charge in [-0.05, 0) is 69.4 Å². The number of aromatic nitrogens is 2. The number of carbonyl (C=O) groups excluding carboxylic acids is 1. The van der Waals surface area contributed by atoms with Crippen LogP contribution >= 0.6 is 0 Å². The van der Waals surface area contributed by atoms with E-state index in [9.17, 15) is 9.18 Å². The topological polar surface area (TPSA) is 44.6 Å². The Kier molecular flexibility index (Phi) is 5.93. The molecule has 32 heavy (non-hydrogen) atoms. The lowest BCUT2D eigenvalue weighted by Gasteiger charge is -2.37. The minimum absolute atomic E-state index is 0.130. The maximum absolute atomic E-state index is 13.5. The number of piperidine rings is 1.